The Kier molecular flexibility index (Phi) is 7.05. The fraction of sp³-hybridized carbons (Fsp3) is 0. The van der Waals surface area contributed by atoms with E-state index < -0.39 is 16.8 Å². The standard InChI is InChI=1S/C17H11Cl2N3O5S/c18-11-5-3-10(16(24)25)8-13(11)20-17(28)21-15(23)6-2-9-1-4-12(19)14(7-9)22(26)27/h1-8H,(H,24,25)(H2,20,21,23,28)/b6-2+. The number of anilines is 1. The fourth-order valence-electron chi connectivity index (χ4n) is 2.01. The number of carbonyl (C=O) groups is 2. The summed E-state index contributed by atoms with van der Waals surface area (Å²) in [5.74, 6) is -1.75. The Morgan fingerprint density at radius 1 is 1.14 bits per heavy atom. The molecule has 11 heteroatoms. The van der Waals surface area contributed by atoms with Gasteiger partial charge in [-0.15, -0.1) is 0 Å². The van der Waals surface area contributed by atoms with Crippen molar-refractivity contribution in [3.63, 3.8) is 0 Å². The summed E-state index contributed by atoms with van der Waals surface area (Å²) in [6.45, 7) is 0. The highest BCUT2D eigenvalue weighted by Crippen LogP contribution is 2.25. The van der Waals surface area contributed by atoms with Crippen LogP contribution in [0.3, 0.4) is 0 Å². The number of nitrogens with one attached hydrogen (secondary N) is 2. The molecule has 0 aliphatic rings. The van der Waals surface area contributed by atoms with E-state index in [1.165, 1.54) is 42.5 Å². The average Bonchev–Trinajstić information content (AvgIpc) is 2.62. The number of amides is 1. The Labute approximate surface area is 173 Å². The molecule has 0 heterocycles. The summed E-state index contributed by atoms with van der Waals surface area (Å²) in [7, 11) is 0. The van der Waals surface area contributed by atoms with Crippen molar-refractivity contribution in [2.24, 2.45) is 0 Å². The van der Waals surface area contributed by atoms with Crippen LogP contribution >= 0.6 is 35.4 Å². The number of benzene rings is 2. The van der Waals surface area contributed by atoms with E-state index in [9.17, 15) is 19.7 Å². The fourth-order valence-corrected chi connectivity index (χ4v) is 2.57. The molecular formula is C17H11Cl2N3O5S. The first-order chi connectivity index (χ1) is 13.2. The molecule has 2 aromatic carbocycles. The number of aromatic carboxylic acids is 1. The number of thiocarbonyl (C=S) groups is 1. The predicted octanol–water partition coefficient (Wildman–Crippen LogP) is 4.13. The van der Waals surface area contributed by atoms with E-state index in [1.54, 1.807) is 0 Å². The molecule has 8 nitrogen and oxygen atoms in total. The lowest BCUT2D eigenvalue weighted by Gasteiger charge is -2.10. The Bertz CT molecular complexity index is 1010. The van der Waals surface area contributed by atoms with Gasteiger partial charge in [-0.3, -0.25) is 20.2 Å². The van der Waals surface area contributed by atoms with Crippen LogP contribution < -0.4 is 10.6 Å². The summed E-state index contributed by atoms with van der Waals surface area (Å²) in [5.41, 5.74) is 0.311. The number of nitrogens with zero attached hydrogens (tertiary/aromatic N) is 1. The van der Waals surface area contributed by atoms with Gasteiger partial charge < -0.3 is 10.4 Å². The molecular weight excluding hydrogens is 429 g/mol. The van der Waals surface area contributed by atoms with Gasteiger partial charge in [-0.25, -0.2) is 4.79 Å². The normalized spacial score (nSPS) is 10.5. The van der Waals surface area contributed by atoms with Crippen molar-refractivity contribution >= 4 is 69.9 Å². The smallest absolute Gasteiger partial charge is 0.335 e. The third-order valence-electron chi connectivity index (χ3n) is 3.29. The molecule has 144 valence electrons. The van der Waals surface area contributed by atoms with Gasteiger partial charge in [-0.05, 0) is 48.1 Å². The van der Waals surface area contributed by atoms with Crippen LogP contribution in [0.25, 0.3) is 6.08 Å². The van der Waals surface area contributed by atoms with E-state index in [4.69, 9.17) is 40.5 Å². The predicted molar refractivity (Wildman–Crippen MR) is 110 cm³/mol. The van der Waals surface area contributed by atoms with E-state index in [1.807, 2.05) is 0 Å². The molecule has 0 spiro atoms. The van der Waals surface area contributed by atoms with E-state index in [-0.39, 0.29) is 32.1 Å². The van der Waals surface area contributed by atoms with E-state index in [2.05, 4.69) is 10.6 Å². The molecule has 0 unspecified atom stereocenters. The van der Waals surface area contributed by atoms with Crippen molar-refractivity contribution in [1.82, 2.24) is 5.32 Å². The van der Waals surface area contributed by atoms with Crippen LogP contribution in [-0.4, -0.2) is 27.0 Å². The second kappa shape index (κ2) is 9.27. The van der Waals surface area contributed by atoms with Gasteiger partial charge in [-0.2, -0.15) is 0 Å². The summed E-state index contributed by atoms with van der Waals surface area (Å²) >= 11 is 16.7. The molecule has 2 rings (SSSR count). The van der Waals surface area contributed by atoms with Gasteiger partial charge in [0.1, 0.15) is 5.02 Å². The molecule has 28 heavy (non-hydrogen) atoms. The second-order valence-corrected chi connectivity index (χ2v) is 6.47. The van der Waals surface area contributed by atoms with Crippen molar-refractivity contribution in [2.75, 3.05) is 5.32 Å². The third kappa shape index (κ3) is 5.74. The minimum Gasteiger partial charge on any atom is -0.478 e. The maximum Gasteiger partial charge on any atom is 0.335 e. The molecule has 0 aliphatic heterocycles. The quantitative estimate of drug-likeness (QED) is 0.277. The van der Waals surface area contributed by atoms with Crippen LogP contribution in [0, 0.1) is 10.1 Å². The van der Waals surface area contributed by atoms with Crippen molar-refractivity contribution in [1.29, 1.82) is 0 Å². The van der Waals surface area contributed by atoms with Crippen molar-refractivity contribution in [3.05, 3.63) is 73.8 Å². The number of rotatable bonds is 5. The van der Waals surface area contributed by atoms with Crippen LogP contribution in [0.15, 0.2) is 42.5 Å². The highest BCUT2D eigenvalue weighted by Gasteiger charge is 2.12. The number of hydrogen-bond acceptors (Lipinski definition) is 5. The first-order valence-corrected chi connectivity index (χ1v) is 8.60. The van der Waals surface area contributed by atoms with Gasteiger partial charge >= 0.3 is 5.97 Å². The van der Waals surface area contributed by atoms with Crippen LogP contribution in [0.4, 0.5) is 11.4 Å². The Hall–Kier alpha value is -3.01. The lowest BCUT2D eigenvalue weighted by atomic mass is 10.2. The van der Waals surface area contributed by atoms with Gasteiger partial charge in [-0.1, -0.05) is 29.3 Å². The van der Waals surface area contributed by atoms with E-state index in [0.717, 1.165) is 6.08 Å². The highest BCUT2D eigenvalue weighted by molar-refractivity contribution is 7.80. The first-order valence-electron chi connectivity index (χ1n) is 7.44. The molecule has 0 radical (unpaired) electrons. The van der Waals surface area contributed by atoms with Crippen LogP contribution in [0.1, 0.15) is 15.9 Å². The summed E-state index contributed by atoms with van der Waals surface area (Å²) < 4.78 is 0. The van der Waals surface area contributed by atoms with Crippen molar-refractivity contribution < 1.29 is 19.6 Å². The minimum atomic E-state index is -1.14. The summed E-state index contributed by atoms with van der Waals surface area (Å²) in [6, 6.07) is 8.05. The monoisotopic (exact) mass is 439 g/mol. The molecule has 0 aromatic heterocycles. The summed E-state index contributed by atoms with van der Waals surface area (Å²) in [4.78, 5) is 33.2. The number of hydrogen-bond donors (Lipinski definition) is 3. The average molecular weight is 440 g/mol. The molecule has 0 saturated carbocycles. The largest absolute Gasteiger partial charge is 0.478 e. The Balaban J connectivity index is 2.03. The van der Waals surface area contributed by atoms with Gasteiger partial charge in [0.25, 0.3) is 5.69 Å². The Morgan fingerprint density at radius 3 is 2.46 bits per heavy atom. The zero-order valence-corrected chi connectivity index (χ0v) is 16.1. The van der Waals surface area contributed by atoms with E-state index >= 15 is 0 Å². The number of carboxylic acid groups (broad SMARTS) is 1. The minimum absolute atomic E-state index is 0.00902. The lowest BCUT2D eigenvalue weighted by Crippen LogP contribution is -2.33. The number of nitro benzene ring substituents is 1. The van der Waals surface area contributed by atoms with Crippen LogP contribution in [0.5, 0.6) is 0 Å². The third-order valence-corrected chi connectivity index (χ3v) is 4.15. The summed E-state index contributed by atoms with van der Waals surface area (Å²) in [6.07, 6.45) is 2.47. The molecule has 0 fully saturated rings. The van der Waals surface area contributed by atoms with E-state index in [0.29, 0.717) is 5.56 Å². The van der Waals surface area contributed by atoms with Crippen molar-refractivity contribution in [2.45, 2.75) is 0 Å². The number of carbonyl (C=O) groups excluding carboxylic acids is 1. The molecule has 0 saturated heterocycles. The molecule has 1 amide bonds. The zero-order chi connectivity index (χ0) is 20.8. The molecule has 0 aliphatic carbocycles. The van der Waals surface area contributed by atoms with Gasteiger partial charge in [0, 0.05) is 12.1 Å². The molecule has 0 atom stereocenters. The number of carboxylic acids is 1. The van der Waals surface area contributed by atoms with Gasteiger partial charge in [0.2, 0.25) is 5.91 Å². The second-order valence-electron chi connectivity index (χ2n) is 5.24. The van der Waals surface area contributed by atoms with Crippen LogP contribution in [-0.2, 0) is 4.79 Å². The molecule has 2 aromatic rings. The SMILES string of the molecule is O=C(/C=C/c1ccc(Cl)c([N+](=O)[O-])c1)NC(=S)Nc1cc(C(=O)O)ccc1Cl. The maximum atomic E-state index is 12.0. The van der Waals surface area contributed by atoms with Gasteiger partial charge in [0.15, 0.2) is 5.11 Å². The van der Waals surface area contributed by atoms with Crippen molar-refractivity contribution in [3.8, 4) is 0 Å². The van der Waals surface area contributed by atoms with Gasteiger partial charge in [0.05, 0.1) is 21.2 Å². The highest BCUT2D eigenvalue weighted by atomic mass is 35.5. The lowest BCUT2D eigenvalue weighted by molar-refractivity contribution is -0.384. The topological polar surface area (TPSA) is 122 Å². The molecule has 0 bridgehead atoms. The van der Waals surface area contributed by atoms with Crippen LogP contribution in [0.2, 0.25) is 10.0 Å². The molecule has 3 N–H and O–H groups in total. The summed E-state index contributed by atoms with van der Waals surface area (Å²) in [5, 5.41) is 24.9. The zero-order valence-electron chi connectivity index (χ0n) is 13.8. The first kappa shape index (κ1) is 21.3. The number of nitro groups is 1. The Morgan fingerprint density at radius 2 is 1.82 bits per heavy atom. The number of halogens is 2. The maximum absolute atomic E-state index is 12.0.